The standard InChI is InChI=1S/C22H26N2O4/c1-14(23-21(25)16-8-6-5-7-9-16)22(26)24-11-10-17-12-19(27-3)20(28-4)13-18(17)15(24)2/h5-9,12-15H,10-11H2,1-4H3,(H,23,25). The molecule has 148 valence electrons. The molecule has 0 aromatic heterocycles. The Balaban J connectivity index is 1.75. The Morgan fingerprint density at radius 3 is 2.39 bits per heavy atom. The quantitative estimate of drug-likeness (QED) is 0.863. The Kier molecular flexibility index (Phi) is 5.87. The van der Waals surface area contributed by atoms with E-state index in [1.807, 2.05) is 30.0 Å². The van der Waals surface area contributed by atoms with Crippen LogP contribution in [0, 0.1) is 0 Å². The van der Waals surface area contributed by atoms with Crippen LogP contribution in [0.2, 0.25) is 0 Å². The van der Waals surface area contributed by atoms with Crippen molar-refractivity contribution in [2.45, 2.75) is 32.4 Å². The number of rotatable bonds is 5. The van der Waals surface area contributed by atoms with Crippen molar-refractivity contribution in [1.29, 1.82) is 0 Å². The van der Waals surface area contributed by atoms with Crippen LogP contribution in [-0.2, 0) is 11.2 Å². The van der Waals surface area contributed by atoms with Gasteiger partial charge in [-0.05, 0) is 55.7 Å². The molecule has 2 aromatic rings. The average Bonchev–Trinajstić information content (AvgIpc) is 2.73. The molecule has 0 bridgehead atoms. The number of hydrogen-bond acceptors (Lipinski definition) is 4. The number of benzene rings is 2. The second-order valence-electron chi connectivity index (χ2n) is 6.92. The van der Waals surface area contributed by atoms with Gasteiger partial charge in [-0.2, -0.15) is 0 Å². The maximum absolute atomic E-state index is 13.0. The molecular weight excluding hydrogens is 356 g/mol. The number of fused-ring (bicyclic) bond motifs is 1. The summed E-state index contributed by atoms with van der Waals surface area (Å²) in [7, 11) is 3.21. The van der Waals surface area contributed by atoms with E-state index in [9.17, 15) is 9.59 Å². The van der Waals surface area contributed by atoms with E-state index < -0.39 is 6.04 Å². The van der Waals surface area contributed by atoms with Gasteiger partial charge in [0.15, 0.2) is 11.5 Å². The van der Waals surface area contributed by atoms with E-state index in [0.29, 0.717) is 23.6 Å². The van der Waals surface area contributed by atoms with E-state index in [4.69, 9.17) is 9.47 Å². The molecule has 2 amide bonds. The fourth-order valence-electron chi connectivity index (χ4n) is 3.63. The number of nitrogens with one attached hydrogen (secondary N) is 1. The number of carbonyl (C=O) groups excluding carboxylic acids is 2. The molecule has 1 aliphatic rings. The minimum atomic E-state index is -0.614. The smallest absolute Gasteiger partial charge is 0.251 e. The van der Waals surface area contributed by atoms with Crippen LogP contribution in [0.25, 0.3) is 0 Å². The molecule has 0 radical (unpaired) electrons. The lowest BCUT2D eigenvalue weighted by Gasteiger charge is -2.37. The lowest BCUT2D eigenvalue weighted by atomic mass is 9.92. The van der Waals surface area contributed by atoms with Crippen molar-refractivity contribution < 1.29 is 19.1 Å². The molecule has 3 rings (SSSR count). The van der Waals surface area contributed by atoms with Crippen LogP contribution in [0.3, 0.4) is 0 Å². The van der Waals surface area contributed by atoms with Gasteiger partial charge >= 0.3 is 0 Å². The normalized spacial score (nSPS) is 16.7. The fourth-order valence-corrected chi connectivity index (χ4v) is 3.63. The highest BCUT2D eigenvalue weighted by Crippen LogP contribution is 2.38. The predicted molar refractivity (Wildman–Crippen MR) is 107 cm³/mol. The van der Waals surface area contributed by atoms with Gasteiger partial charge in [-0.1, -0.05) is 18.2 Å². The molecule has 1 N–H and O–H groups in total. The van der Waals surface area contributed by atoms with Crippen LogP contribution in [0.1, 0.15) is 41.4 Å². The first kappa shape index (κ1) is 19.7. The molecule has 2 unspecified atom stereocenters. The number of hydrogen-bond donors (Lipinski definition) is 1. The Morgan fingerprint density at radius 2 is 1.75 bits per heavy atom. The summed E-state index contributed by atoms with van der Waals surface area (Å²) in [5.74, 6) is 0.986. The lowest BCUT2D eigenvalue weighted by Crippen LogP contribution is -2.49. The third-order valence-corrected chi connectivity index (χ3v) is 5.22. The van der Waals surface area contributed by atoms with Gasteiger partial charge in [-0.25, -0.2) is 0 Å². The number of ether oxygens (including phenoxy) is 2. The topological polar surface area (TPSA) is 67.9 Å². The van der Waals surface area contributed by atoms with Gasteiger partial charge in [0, 0.05) is 12.1 Å². The molecule has 1 aliphatic heterocycles. The molecule has 6 nitrogen and oxygen atoms in total. The van der Waals surface area contributed by atoms with Crippen molar-refractivity contribution in [3.8, 4) is 11.5 Å². The number of amides is 2. The molecule has 0 aliphatic carbocycles. The average molecular weight is 382 g/mol. The molecular formula is C22H26N2O4. The van der Waals surface area contributed by atoms with E-state index in [0.717, 1.165) is 17.5 Å². The maximum atomic E-state index is 13.0. The van der Waals surface area contributed by atoms with Crippen molar-refractivity contribution in [2.24, 2.45) is 0 Å². The Hall–Kier alpha value is -3.02. The third-order valence-electron chi connectivity index (χ3n) is 5.22. The van der Waals surface area contributed by atoms with Crippen molar-refractivity contribution in [3.63, 3.8) is 0 Å². The van der Waals surface area contributed by atoms with Crippen molar-refractivity contribution in [1.82, 2.24) is 10.2 Å². The summed E-state index contributed by atoms with van der Waals surface area (Å²) in [4.78, 5) is 27.2. The van der Waals surface area contributed by atoms with E-state index in [1.54, 1.807) is 45.4 Å². The first-order valence-electron chi connectivity index (χ1n) is 9.37. The minimum absolute atomic E-state index is 0.0998. The van der Waals surface area contributed by atoms with Crippen LogP contribution in [-0.4, -0.2) is 43.5 Å². The van der Waals surface area contributed by atoms with Crippen LogP contribution < -0.4 is 14.8 Å². The number of carbonyl (C=O) groups is 2. The Bertz CT molecular complexity index is 866. The van der Waals surface area contributed by atoms with E-state index >= 15 is 0 Å². The predicted octanol–water partition coefficient (Wildman–Crippen LogP) is 2.97. The molecule has 0 saturated heterocycles. The molecule has 2 aromatic carbocycles. The summed E-state index contributed by atoms with van der Waals surface area (Å²) in [5, 5.41) is 2.80. The van der Waals surface area contributed by atoms with Crippen LogP contribution >= 0.6 is 0 Å². The Labute approximate surface area is 165 Å². The van der Waals surface area contributed by atoms with Gasteiger partial charge in [0.1, 0.15) is 6.04 Å². The fraction of sp³-hybridized carbons (Fsp3) is 0.364. The van der Waals surface area contributed by atoms with E-state index in [2.05, 4.69) is 5.32 Å². The molecule has 0 fully saturated rings. The zero-order chi connectivity index (χ0) is 20.3. The van der Waals surface area contributed by atoms with Gasteiger partial charge in [0.25, 0.3) is 5.91 Å². The van der Waals surface area contributed by atoms with Crippen molar-refractivity contribution >= 4 is 11.8 Å². The summed E-state index contributed by atoms with van der Waals surface area (Å²) in [6.07, 6.45) is 0.727. The lowest BCUT2D eigenvalue weighted by molar-refractivity contribution is -0.135. The SMILES string of the molecule is COc1cc2c(cc1OC)C(C)N(C(=O)C(C)NC(=O)c1ccccc1)CC2. The molecule has 28 heavy (non-hydrogen) atoms. The highest BCUT2D eigenvalue weighted by Gasteiger charge is 2.32. The molecule has 0 saturated carbocycles. The van der Waals surface area contributed by atoms with Gasteiger partial charge in [0.2, 0.25) is 5.91 Å². The maximum Gasteiger partial charge on any atom is 0.251 e. The zero-order valence-electron chi connectivity index (χ0n) is 16.7. The summed E-state index contributed by atoms with van der Waals surface area (Å²) < 4.78 is 10.8. The molecule has 1 heterocycles. The van der Waals surface area contributed by atoms with Gasteiger partial charge < -0.3 is 19.7 Å². The summed E-state index contributed by atoms with van der Waals surface area (Å²) >= 11 is 0. The van der Waals surface area contributed by atoms with Crippen molar-refractivity contribution in [2.75, 3.05) is 20.8 Å². The number of nitrogens with zero attached hydrogens (tertiary/aromatic N) is 1. The minimum Gasteiger partial charge on any atom is -0.493 e. The molecule has 2 atom stereocenters. The van der Waals surface area contributed by atoms with Gasteiger partial charge in [-0.15, -0.1) is 0 Å². The highest BCUT2D eigenvalue weighted by atomic mass is 16.5. The third kappa shape index (κ3) is 3.81. The first-order chi connectivity index (χ1) is 13.5. The summed E-state index contributed by atoms with van der Waals surface area (Å²) in [6.45, 7) is 4.31. The monoisotopic (exact) mass is 382 g/mol. The van der Waals surface area contributed by atoms with E-state index in [1.165, 1.54) is 0 Å². The molecule has 6 heteroatoms. The van der Waals surface area contributed by atoms with Crippen LogP contribution in [0.4, 0.5) is 0 Å². The second-order valence-corrected chi connectivity index (χ2v) is 6.92. The summed E-state index contributed by atoms with van der Waals surface area (Å²) in [5.41, 5.74) is 2.73. The van der Waals surface area contributed by atoms with Crippen LogP contribution in [0.5, 0.6) is 11.5 Å². The highest BCUT2D eigenvalue weighted by molar-refractivity contribution is 5.97. The molecule has 0 spiro atoms. The first-order valence-corrected chi connectivity index (χ1v) is 9.37. The second kappa shape index (κ2) is 8.33. The van der Waals surface area contributed by atoms with Gasteiger partial charge in [-0.3, -0.25) is 9.59 Å². The largest absolute Gasteiger partial charge is 0.493 e. The van der Waals surface area contributed by atoms with Crippen molar-refractivity contribution in [3.05, 3.63) is 59.2 Å². The Morgan fingerprint density at radius 1 is 1.11 bits per heavy atom. The van der Waals surface area contributed by atoms with E-state index in [-0.39, 0.29) is 17.9 Å². The van der Waals surface area contributed by atoms with Crippen LogP contribution in [0.15, 0.2) is 42.5 Å². The number of methoxy groups -OCH3 is 2. The summed E-state index contributed by atoms with van der Waals surface area (Å²) in [6, 6.07) is 12.1. The zero-order valence-corrected chi connectivity index (χ0v) is 16.7. The van der Waals surface area contributed by atoms with Gasteiger partial charge in [0.05, 0.1) is 20.3 Å².